The van der Waals surface area contributed by atoms with E-state index in [-0.39, 0.29) is 0 Å². The predicted molar refractivity (Wildman–Crippen MR) is 140 cm³/mol. The highest BCUT2D eigenvalue weighted by atomic mass is 35.9. The number of rotatable bonds is 3. The third-order valence-electron chi connectivity index (χ3n) is 2.84. The van der Waals surface area contributed by atoms with E-state index in [2.05, 4.69) is 39.3 Å². The summed E-state index contributed by atoms with van der Waals surface area (Å²) >= 11 is 51.8. The Balaban J connectivity index is -0.000000276. The molecule has 0 saturated heterocycles. The molecule has 0 aromatic rings. The predicted octanol–water partition coefficient (Wildman–Crippen LogP) is 9.17. The molecular formula is C9H27Cl9Si6. The van der Waals surface area contributed by atoms with Gasteiger partial charge in [0.15, 0.2) is 6.90 Å². The Kier molecular flexibility index (Phi) is 15.4. The van der Waals surface area contributed by atoms with Gasteiger partial charge in [0.2, 0.25) is 6.21 Å². The Bertz CT molecular complexity index is 260. The zero-order valence-electron chi connectivity index (χ0n) is 15.4. The van der Waals surface area contributed by atoms with Crippen molar-refractivity contribution in [3.05, 3.63) is 0 Å². The molecule has 0 atom stereocenters. The molecule has 0 aliphatic carbocycles. The Hall–Kier alpha value is 3.91. The van der Waals surface area contributed by atoms with Crippen LogP contribution in [-0.2, 0) is 0 Å². The second-order valence-corrected chi connectivity index (χ2v) is 74.0. The molecule has 0 N–H and O–H groups in total. The number of halogens is 9. The molecule has 0 heterocycles. The molecule has 0 saturated carbocycles. The lowest BCUT2D eigenvalue weighted by Gasteiger charge is -2.24. The summed E-state index contributed by atoms with van der Waals surface area (Å²) in [5.41, 5.74) is -4.84. The zero-order chi connectivity index (χ0) is 21.0. The van der Waals surface area contributed by atoms with Crippen molar-refractivity contribution in [3.8, 4) is 0 Å². The fraction of sp³-hybridized carbons (Fsp3) is 1.00. The SMILES string of the molecule is C[Si](C)(C)[Si](C)(Cl)Cl.C[Si](C)(C)[Si](Cl)(Cl)Cl.C[Si](C)(Cl)[Si](Cl)(Cl)Cl. The number of hydrogen-bond acceptors (Lipinski definition) is 0. The van der Waals surface area contributed by atoms with E-state index in [0.29, 0.717) is 0 Å². The molecule has 24 heavy (non-hydrogen) atoms. The molecule has 0 nitrogen and oxygen atoms in total. The Labute approximate surface area is 195 Å². The molecule has 0 bridgehead atoms. The van der Waals surface area contributed by atoms with Gasteiger partial charge in [-0.05, 0) is 6.55 Å². The van der Waals surface area contributed by atoms with Crippen LogP contribution >= 0.6 is 99.7 Å². The van der Waals surface area contributed by atoms with E-state index in [9.17, 15) is 0 Å². The average molecular weight is 623 g/mol. The first kappa shape index (κ1) is 32.6. The van der Waals surface area contributed by atoms with Gasteiger partial charge < -0.3 is 0 Å². The van der Waals surface area contributed by atoms with Gasteiger partial charge in [0.05, 0.1) is 15.2 Å². The van der Waals surface area contributed by atoms with Crippen molar-refractivity contribution < 1.29 is 0 Å². The zero-order valence-corrected chi connectivity index (χ0v) is 28.2. The van der Waals surface area contributed by atoms with Gasteiger partial charge in [-0.25, -0.2) is 0 Å². The fourth-order valence-corrected chi connectivity index (χ4v) is 0. The lowest BCUT2D eigenvalue weighted by atomic mass is 11.8. The monoisotopic (exact) mass is 618 g/mol. The van der Waals surface area contributed by atoms with E-state index >= 15 is 0 Å². The van der Waals surface area contributed by atoms with Gasteiger partial charge in [-0.15, -0.1) is 66.5 Å². The molecule has 0 spiro atoms. The van der Waals surface area contributed by atoms with Crippen molar-refractivity contribution in [3.63, 3.8) is 0 Å². The van der Waals surface area contributed by atoms with Crippen LogP contribution in [0.15, 0.2) is 0 Å². The van der Waals surface area contributed by atoms with Crippen LogP contribution in [0, 0.1) is 0 Å². The van der Waals surface area contributed by atoms with E-state index in [1.54, 1.807) is 0 Å². The molecule has 0 rings (SSSR count). The summed E-state index contributed by atoms with van der Waals surface area (Å²) in [6.45, 7) is 16.6. The number of hydrogen-bond donors (Lipinski definition) is 0. The van der Waals surface area contributed by atoms with Crippen molar-refractivity contribution in [2.24, 2.45) is 0 Å². The van der Waals surface area contributed by atoms with Crippen LogP contribution < -0.4 is 0 Å². The molecule has 0 unspecified atom stereocenters. The van der Waals surface area contributed by atoms with Gasteiger partial charge in [-0.1, -0.05) is 52.4 Å². The maximum Gasteiger partial charge on any atom is 0.341 e. The third-order valence-corrected chi connectivity index (χ3v) is 69.0. The van der Waals surface area contributed by atoms with E-state index in [1.165, 1.54) is 0 Å². The molecule has 0 amide bonds. The van der Waals surface area contributed by atoms with Gasteiger partial charge >= 0.3 is 11.0 Å². The molecule has 0 aliphatic rings. The lowest BCUT2D eigenvalue weighted by Crippen LogP contribution is -2.45. The maximum atomic E-state index is 5.98. The Morgan fingerprint density at radius 2 is 0.500 bits per heavy atom. The minimum atomic E-state index is -2.54. The van der Waals surface area contributed by atoms with E-state index < -0.39 is 39.3 Å². The molecule has 0 aromatic carbocycles. The van der Waals surface area contributed by atoms with Crippen LogP contribution in [0.25, 0.3) is 0 Å². The van der Waals surface area contributed by atoms with Crippen LogP contribution in [0.3, 0.4) is 0 Å². The smallest absolute Gasteiger partial charge is 0.166 e. The first-order chi connectivity index (χ1) is 9.75. The molecule has 15 heteroatoms. The molecule has 0 radical (unpaired) electrons. The highest BCUT2D eigenvalue weighted by molar-refractivity contribution is 7.95. The standard InChI is InChI=1S/C4H12Cl2Si2.C3H9Cl3Si2.C2H6Cl4Si2/c3*1-7(2,3)8(4,5)6/h1-4H3;1-3H3;1-2H3. The van der Waals surface area contributed by atoms with Gasteiger partial charge in [-0.2, -0.15) is 33.2 Å². The average Bonchev–Trinajstić information content (AvgIpc) is 2.08. The van der Waals surface area contributed by atoms with E-state index in [4.69, 9.17) is 99.7 Å². The van der Waals surface area contributed by atoms with Crippen LogP contribution in [-0.4, -0.2) is 39.3 Å². The summed E-state index contributed by atoms with van der Waals surface area (Å²) < 4.78 is 0. The Morgan fingerprint density at radius 1 is 0.375 bits per heavy atom. The van der Waals surface area contributed by atoms with Gasteiger partial charge in [-0.3, -0.25) is 0 Å². The first-order valence-corrected chi connectivity index (χ1v) is 35.6. The van der Waals surface area contributed by atoms with Crippen molar-refractivity contribution in [2.45, 2.75) is 58.9 Å². The van der Waals surface area contributed by atoms with Crippen LogP contribution in [0.1, 0.15) is 0 Å². The summed E-state index contributed by atoms with van der Waals surface area (Å²) in [4.78, 5) is 0. The lowest BCUT2D eigenvalue weighted by molar-refractivity contribution is 1.83. The molecule has 0 aromatic heterocycles. The second-order valence-electron chi connectivity index (χ2n) is 7.86. The topological polar surface area (TPSA) is 0 Å². The van der Waals surface area contributed by atoms with Crippen LogP contribution in [0.2, 0.25) is 58.9 Å². The summed E-state index contributed by atoms with van der Waals surface area (Å²) in [6.07, 6.45) is -1.78. The Morgan fingerprint density at radius 3 is 0.500 bits per heavy atom. The first-order valence-electron chi connectivity index (χ1n) is 6.95. The molecule has 150 valence electrons. The summed E-state index contributed by atoms with van der Waals surface area (Å²) in [7, 11) is -2.61. The van der Waals surface area contributed by atoms with Crippen molar-refractivity contribution in [1.82, 2.24) is 0 Å². The molecule has 0 aliphatic heterocycles. The van der Waals surface area contributed by atoms with Gasteiger partial charge in [0, 0.05) is 0 Å². The highest BCUT2D eigenvalue weighted by Gasteiger charge is 2.45. The normalized spacial score (nSPS) is 14.2. The van der Waals surface area contributed by atoms with Gasteiger partial charge in [0.1, 0.15) is 0 Å². The third kappa shape index (κ3) is 16.8. The molecule has 0 fully saturated rings. The largest absolute Gasteiger partial charge is 0.341 e. The summed E-state index contributed by atoms with van der Waals surface area (Å²) in [6, 6.07) is 0. The van der Waals surface area contributed by atoms with Crippen LogP contribution in [0.4, 0.5) is 0 Å². The quantitative estimate of drug-likeness (QED) is 0.218. The van der Waals surface area contributed by atoms with Crippen LogP contribution in [0.5, 0.6) is 0 Å². The van der Waals surface area contributed by atoms with E-state index in [1.807, 2.05) is 19.6 Å². The van der Waals surface area contributed by atoms with Crippen molar-refractivity contribution in [1.29, 1.82) is 0 Å². The minimum absolute atomic E-state index is 1.19. The summed E-state index contributed by atoms with van der Waals surface area (Å²) in [5.74, 6) is 0. The van der Waals surface area contributed by atoms with Gasteiger partial charge in [0.25, 0.3) is 0 Å². The fourth-order valence-electron chi connectivity index (χ4n) is 0. The maximum absolute atomic E-state index is 5.98. The second kappa shape index (κ2) is 11.3. The molecular weight excluding hydrogens is 596 g/mol. The van der Waals surface area contributed by atoms with Crippen molar-refractivity contribution >= 4 is 139 Å². The summed E-state index contributed by atoms with van der Waals surface area (Å²) in [5, 5.41) is 0. The highest BCUT2D eigenvalue weighted by Crippen LogP contribution is 2.33. The van der Waals surface area contributed by atoms with E-state index in [0.717, 1.165) is 0 Å². The minimum Gasteiger partial charge on any atom is -0.166 e. The van der Waals surface area contributed by atoms with Crippen molar-refractivity contribution in [2.75, 3.05) is 0 Å².